The Hall–Kier alpha value is -0.920. The fraction of sp³-hybridized carbons (Fsp3) is 0.538. The molecule has 2 N–H and O–H groups in total. The number of hydrogen-bond acceptors (Lipinski definition) is 4. The second kappa shape index (κ2) is 9.10. The number of rotatable bonds is 8. The molecule has 0 fully saturated rings. The average Bonchev–Trinajstić information content (AvgIpc) is 2.79. The van der Waals surface area contributed by atoms with Crippen LogP contribution in [-0.4, -0.2) is 43.4 Å². The van der Waals surface area contributed by atoms with Crippen molar-refractivity contribution < 1.29 is 9.59 Å². The Labute approximate surface area is 131 Å². The molecule has 0 aromatic carbocycles. The number of nitrogens with zero attached hydrogens (tertiary/aromatic N) is 1. The third-order valence-corrected chi connectivity index (χ3v) is 4.09. The molecule has 0 bridgehead atoms. The Morgan fingerprint density at radius 1 is 1.30 bits per heavy atom. The molecule has 0 aliphatic rings. The minimum atomic E-state index is -0.148. The molecule has 1 heterocycles. The maximum atomic E-state index is 11.7. The molecule has 0 aliphatic heterocycles. The largest absolute Gasteiger partial charge is 0.355 e. The van der Waals surface area contributed by atoms with Gasteiger partial charge in [0.15, 0.2) is 0 Å². The van der Waals surface area contributed by atoms with Crippen molar-refractivity contribution in [2.45, 2.75) is 19.9 Å². The maximum Gasteiger partial charge on any atom is 0.239 e. The highest BCUT2D eigenvalue weighted by Crippen LogP contribution is 2.22. The fourth-order valence-corrected chi connectivity index (χ4v) is 3.13. The summed E-state index contributed by atoms with van der Waals surface area (Å²) in [6.45, 7) is 3.65. The summed E-state index contributed by atoms with van der Waals surface area (Å²) in [5, 5.41) is 5.33. The molecule has 0 unspecified atom stereocenters. The molecule has 0 saturated carbocycles. The van der Waals surface area contributed by atoms with Gasteiger partial charge in [0, 0.05) is 18.0 Å². The van der Waals surface area contributed by atoms with Crippen LogP contribution in [0.3, 0.4) is 0 Å². The van der Waals surface area contributed by atoms with Gasteiger partial charge in [0.2, 0.25) is 11.8 Å². The molecule has 0 atom stereocenters. The van der Waals surface area contributed by atoms with Crippen LogP contribution >= 0.6 is 27.3 Å². The third-order valence-electron chi connectivity index (χ3n) is 2.49. The predicted octanol–water partition coefficient (Wildman–Crippen LogP) is 1.58. The topological polar surface area (TPSA) is 61.4 Å². The molecule has 0 aliphatic carbocycles. The van der Waals surface area contributed by atoms with Crippen molar-refractivity contribution >= 4 is 39.1 Å². The van der Waals surface area contributed by atoms with E-state index in [4.69, 9.17) is 0 Å². The highest BCUT2D eigenvalue weighted by atomic mass is 79.9. The van der Waals surface area contributed by atoms with Gasteiger partial charge in [0.1, 0.15) is 0 Å². The van der Waals surface area contributed by atoms with Crippen molar-refractivity contribution in [3.8, 4) is 0 Å². The van der Waals surface area contributed by atoms with Crippen molar-refractivity contribution in [3.63, 3.8) is 0 Å². The van der Waals surface area contributed by atoms with Gasteiger partial charge >= 0.3 is 0 Å². The zero-order valence-electron chi connectivity index (χ0n) is 11.7. The van der Waals surface area contributed by atoms with E-state index in [1.807, 2.05) is 31.0 Å². The van der Waals surface area contributed by atoms with Gasteiger partial charge in [-0.05, 0) is 41.5 Å². The Morgan fingerprint density at radius 3 is 2.65 bits per heavy atom. The minimum absolute atomic E-state index is 0.0389. The Balaban J connectivity index is 2.22. The summed E-state index contributed by atoms with van der Waals surface area (Å²) in [5.41, 5.74) is 0. The zero-order chi connectivity index (χ0) is 15.0. The molecule has 20 heavy (non-hydrogen) atoms. The molecule has 5 nitrogen and oxygen atoms in total. The number of carbonyl (C=O) groups is 2. The molecule has 1 aromatic rings. The molecular formula is C13H20BrN3O2S. The van der Waals surface area contributed by atoms with E-state index in [0.717, 1.165) is 10.2 Å². The van der Waals surface area contributed by atoms with Gasteiger partial charge < -0.3 is 10.6 Å². The first-order valence-corrected chi connectivity index (χ1v) is 8.08. The highest BCUT2D eigenvalue weighted by Gasteiger charge is 2.09. The first kappa shape index (κ1) is 17.1. The SMILES string of the molecule is CCCNC(=O)CNC(=O)CN(C)Cc1ccc(Br)s1. The van der Waals surface area contributed by atoms with Crippen molar-refractivity contribution in [3.05, 3.63) is 20.8 Å². The molecule has 112 valence electrons. The lowest BCUT2D eigenvalue weighted by Crippen LogP contribution is -2.41. The monoisotopic (exact) mass is 361 g/mol. The van der Waals surface area contributed by atoms with E-state index in [0.29, 0.717) is 13.1 Å². The van der Waals surface area contributed by atoms with Gasteiger partial charge in [-0.25, -0.2) is 0 Å². The van der Waals surface area contributed by atoms with Crippen LogP contribution in [0.1, 0.15) is 18.2 Å². The summed E-state index contributed by atoms with van der Waals surface area (Å²) in [6.07, 6.45) is 0.888. The van der Waals surface area contributed by atoms with Crippen LogP contribution in [0.5, 0.6) is 0 Å². The third kappa shape index (κ3) is 7.02. The number of carbonyl (C=O) groups excluding carboxylic acids is 2. The smallest absolute Gasteiger partial charge is 0.239 e. The van der Waals surface area contributed by atoms with E-state index < -0.39 is 0 Å². The number of thiophene rings is 1. The standard InChI is InChI=1S/C13H20BrN3O2S/c1-3-6-15-12(18)7-16-13(19)9-17(2)8-10-4-5-11(14)20-10/h4-5H,3,6-9H2,1-2H3,(H,15,18)(H,16,19). The van der Waals surface area contributed by atoms with Crippen molar-refractivity contribution in [1.29, 1.82) is 0 Å². The van der Waals surface area contributed by atoms with E-state index in [2.05, 4.69) is 26.6 Å². The van der Waals surface area contributed by atoms with Gasteiger partial charge in [0.25, 0.3) is 0 Å². The van der Waals surface area contributed by atoms with Crippen LogP contribution in [0, 0.1) is 0 Å². The Kier molecular flexibility index (Phi) is 7.79. The molecule has 7 heteroatoms. The predicted molar refractivity (Wildman–Crippen MR) is 84.7 cm³/mol. The number of nitrogens with one attached hydrogen (secondary N) is 2. The molecule has 1 aromatic heterocycles. The van der Waals surface area contributed by atoms with Crippen LogP contribution in [0.25, 0.3) is 0 Å². The summed E-state index contributed by atoms with van der Waals surface area (Å²) in [6, 6.07) is 4.02. The average molecular weight is 362 g/mol. The van der Waals surface area contributed by atoms with E-state index >= 15 is 0 Å². The van der Waals surface area contributed by atoms with E-state index in [-0.39, 0.29) is 24.9 Å². The number of halogens is 1. The molecule has 2 amide bonds. The highest BCUT2D eigenvalue weighted by molar-refractivity contribution is 9.11. The van der Waals surface area contributed by atoms with Crippen LogP contribution in [-0.2, 0) is 16.1 Å². The minimum Gasteiger partial charge on any atom is -0.355 e. The fourth-order valence-electron chi connectivity index (χ4n) is 1.57. The lowest BCUT2D eigenvalue weighted by atomic mass is 10.4. The van der Waals surface area contributed by atoms with Gasteiger partial charge in [-0.3, -0.25) is 14.5 Å². The number of hydrogen-bond donors (Lipinski definition) is 2. The summed E-state index contributed by atoms with van der Waals surface area (Å²) >= 11 is 5.06. The number of likely N-dealkylation sites (N-methyl/N-ethyl adjacent to an activating group) is 1. The van der Waals surface area contributed by atoms with E-state index in [1.54, 1.807) is 11.3 Å². The Bertz CT molecular complexity index is 451. The van der Waals surface area contributed by atoms with Crippen molar-refractivity contribution in [2.75, 3.05) is 26.7 Å². The molecule has 0 radical (unpaired) electrons. The number of amides is 2. The molecule has 1 rings (SSSR count). The van der Waals surface area contributed by atoms with Gasteiger partial charge in [-0.2, -0.15) is 0 Å². The van der Waals surface area contributed by atoms with Crippen LogP contribution < -0.4 is 10.6 Å². The molecule has 0 saturated heterocycles. The van der Waals surface area contributed by atoms with E-state index in [9.17, 15) is 9.59 Å². The summed E-state index contributed by atoms with van der Waals surface area (Å²) < 4.78 is 1.08. The van der Waals surface area contributed by atoms with Crippen LogP contribution in [0.2, 0.25) is 0 Å². The quantitative estimate of drug-likeness (QED) is 0.738. The first-order chi connectivity index (χ1) is 9.51. The first-order valence-electron chi connectivity index (χ1n) is 6.47. The van der Waals surface area contributed by atoms with Crippen molar-refractivity contribution in [2.24, 2.45) is 0 Å². The van der Waals surface area contributed by atoms with Gasteiger partial charge in [-0.15, -0.1) is 11.3 Å². The van der Waals surface area contributed by atoms with Crippen LogP contribution in [0.15, 0.2) is 15.9 Å². The maximum absolute atomic E-state index is 11.7. The Morgan fingerprint density at radius 2 is 2.05 bits per heavy atom. The zero-order valence-corrected chi connectivity index (χ0v) is 14.1. The summed E-state index contributed by atoms with van der Waals surface area (Å²) in [7, 11) is 1.88. The van der Waals surface area contributed by atoms with Crippen LogP contribution in [0.4, 0.5) is 0 Å². The normalized spacial score (nSPS) is 10.6. The van der Waals surface area contributed by atoms with Gasteiger partial charge in [0.05, 0.1) is 16.9 Å². The summed E-state index contributed by atoms with van der Waals surface area (Å²) in [4.78, 5) is 26.1. The lowest BCUT2D eigenvalue weighted by Gasteiger charge is -2.15. The summed E-state index contributed by atoms with van der Waals surface area (Å²) in [5.74, 6) is -0.292. The van der Waals surface area contributed by atoms with E-state index in [1.165, 1.54) is 4.88 Å². The van der Waals surface area contributed by atoms with Gasteiger partial charge in [-0.1, -0.05) is 6.92 Å². The molecular weight excluding hydrogens is 342 g/mol. The second-order valence-corrected chi connectivity index (χ2v) is 7.05. The van der Waals surface area contributed by atoms with Crippen molar-refractivity contribution in [1.82, 2.24) is 15.5 Å². The molecule has 0 spiro atoms. The second-order valence-electron chi connectivity index (χ2n) is 4.50. The lowest BCUT2D eigenvalue weighted by molar-refractivity contribution is -0.126.